The molecule has 0 heterocycles. The maximum Gasteiger partial charge on any atom is 0.212 e. The van der Waals surface area contributed by atoms with Crippen LogP contribution >= 0.6 is 23.2 Å². The van der Waals surface area contributed by atoms with Gasteiger partial charge in [0, 0.05) is 17.1 Å². The predicted molar refractivity (Wildman–Crippen MR) is 92.1 cm³/mol. The van der Waals surface area contributed by atoms with Crippen LogP contribution < -0.4 is 10.7 Å². The minimum Gasteiger partial charge on any atom is -0.385 e. The summed E-state index contributed by atoms with van der Waals surface area (Å²) in [6.07, 6.45) is 2.91. The van der Waals surface area contributed by atoms with Crippen molar-refractivity contribution in [3.8, 4) is 0 Å². The number of anilines is 1. The topological polar surface area (TPSA) is 46.2 Å². The average Bonchev–Trinajstić information content (AvgIpc) is 2.65. The van der Waals surface area contributed by atoms with Crippen LogP contribution in [0.25, 0.3) is 6.08 Å². The van der Waals surface area contributed by atoms with Crippen LogP contribution in [0, 0.1) is 0 Å². The lowest BCUT2D eigenvalue weighted by Crippen LogP contribution is -2.14. The Balaban J connectivity index is 2.36. The van der Waals surface area contributed by atoms with Crippen molar-refractivity contribution in [1.82, 2.24) is 0 Å². The van der Waals surface area contributed by atoms with Gasteiger partial charge in [0.05, 0.1) is 11.3 Å². The quantitative estimate of drug-likeness (QED) is 0.670. The first kappa shape index (κ1) is 16.3. The SMILES string of the molecule is CNc1ccccc(C(=O)/C=C\c2cc(Cl)cc(Cl)c2)c1=O. The highest BCUT2D eigenvalue weighted by atomic mass is 35.5. The Morgan fingerprint density at radius 2 is 1.73 bits per heavy atom. The van der Waals surface area contributed by atoms with E-state index in [2.05, 4.69) is 5.32 Å². The third-order valence-corrected chi connectivity index (χ3v) is 3.41. The first-order valence-corrected chi connectivity index (χ1v) is 7.26. The minimum absolute atomic E-state index is 0.0960. The zero-order valence-corrected chi connectivity index (χ0v) is 13.3. The van der Waals surface area contributed by atoms with Crippen molar-refractivity contribution >= 4 is 40.7 Å². The van der Waals surface area contributed by atoms with Crippen LogP contribution in [0.3, 0.4) is 0 Å². The molecule has 2 aromatic rings. The van der Waals surface area contributed by atoms with Gasteiger partial charge in [-0.3, -0.25) is 9.59 Å². The molecule has 0 spiro atoms. The van der Waals surface area contributed by atoms with Gasteiger partial charge in [-0.1, -0.05) is 41.4 Å². The third-order valence-electron chi connectivity index (χ3n) is 2.97. The van der Waals surface area contributed by atoms with Crippen LogP contribution in [0.2, 0.25) is 10.0 Å². The molecule has 0 saturated heterocycles. The smallest absolute Gasteiger partial charge is 0.212 e. The number of nitrogens with one attached hydrogen (secondary N) is 1. The highest BCUT2D eigenvalue weighted by Crippen LogP contribution is 2.20. The van der Waals surface area contributed by atoms with E-state index in [0.29, 0.717) is 21.3 Å². The van der Waals surface area contributed by atoms with Gasteiger partial charge in [-0.05, 0) is 42.0 Å². The summed E-state index contributed by atoms with van der Waals surface area (Å²) >= 11 is 11.8. The summed E-state index contributed by atoms with van der Waals surface area (Å²) in [7, 11) is 1.63. The van der Waals surface area contributed by atoms with Crippen molar-refractivity contribution in [2.75, 3.05) is 12.4 Å². The molecule has 2 aromatic carbocycles. The molecule has 0 aliphatic rings. The summed E-state index contributed by atoms with van der Waals surface area (Å²) in [5.74, 6) is -0.381. The minimum atomic E-state index is -0.381. The highest BCUT2D eigenvalue weighted by molar-refractivity contribution is 6.34. The molecule has 112 valence electrons. The van der Waals surface area contributed by atoms with Crippen molar-refractivity contribution in [3.05, 3.63) is 79.9 Å². The number of allylic oxidation sites excluding steroid dienone is 1. The number of rotatable bonds is 4. The van der Waals surface area contributed by atoms with E-state index in [9.17, 15) is 9.59 Å². The summed E-state index contributed by atoms with van der Waals surface area (Å²) in [5, 5.41) is 3.73. The third kappa shape index (κ3) is 3.97. The lowest BCUT2D eigenvalue weighted by molar-refractivity contribution is 0.104. The van der Waals surface area contributed by atoms with Crippen LogP contribution in [-0.2, 0) is 0 Å². The molecule has 0 unspecified atom stereocenters. The molecule has 0 amide bonds. The maximum absolute atomic E-state index is 12.2. The van der Waals surface area contributed by atoms with Gasteiger partial charge >= 0.3 is 0 Å². The molecule has 5 heteroatoms. The number of carbonyl (C=O) groups excluding carboxylic acids is 1. The standard InChI is InChI=1S/C17H13Cl2NO2/c1-20-15-5-3-2-4-14(17(15)22)16(21)7-6-11-8-12(18)10-13(19)9-11/h2-10H,1H3,(H,20,22)/b7-6-. The van der Waals surface area contributed by atoms with Gasteiger partial charge in [-0.2, -0.15) is 0 Å². The molecule has 0 atom stereocenters. The molecule has 1 N–H and O–H groups in total. The maximum atomic E-state index is 12.2. The molecular formula is C17H13Cl2NO2. The van der Waals surface area contributed by atoms with E-state index < -0.39 is 0 Å². The van der Waals surface area contributed by atoms with Crippen molar-refractivity contribution in [2.24, 2.45) is 0 Å². The van der Waals surface area contributed by atoms with Gasteiger partial charge in [-0.15, -0.1) is 0 Å². The zero-order chi connectivity index (χ0) is 16.1. The Kier molecular flexibility index (Phi) is 5.36. The lowest BCUT2D eigenvalue weighted by atomic mass is 10.1. The zero-order valence-electron chi connectivity index (χ0n) is 11.8. The van der Waals surface area contributed by atoms with Crippen LogP contribution in [0.4, 0.5) is 5.69 Å². The molecule has 0 radical (unpaired) electrons. The summed E-state index contributed by atoms with van der Waals surface area (Å²) in [4.78, 5) is 24.4. The van der Waals surface area contributed by atoms with Gasteiger partial charge in [0.15, 0.2) is 5.78 Å². The van der Waals surface area contributed by atoms with Crippen molar-refractivity contribution in [3.63, 3.8) is 0 Å². The van der Waals surface area contributed by atoms with Crippen molar-refractivity contribution < 1.29 is 4.79 Å². The largest absolute Gasteiger partial charge is 0.385 e. The highest BCUT2D eigenvalue weighted by Gasteiger charge is 2.08. The monoisotopic (exact) mass is 333 g/mol. The van der Waals surface area contributed by atoms with Gasteiger partial charge < -0.3 is 5.32 Å². The Labute approximate surface area is 138 Å². The Morgan fingerprint density at radius 1 is 1.09 bits per heavy atom. The molecule has 0 bridgehead atoms. The van der Waals surface area contributed by atoms with Crippen LogP contribution in [0.15, 0.2) is 53.3 Å². The van der Waals surface area contributed by atoms with Crippen molar-refractivity contribution in [2.45, 2.75) is 0 Å². The van der Waals surface area contributed by atoms with E-state index in [4.69, 9.17) is 23.2 Å². The van der Waals surface area contributed by atoms with Gasteiger partial charge in [0.2, 0.25) is 5.43 Å². The summed E-state index contributed by atoms with van der Waals surface area (Å²) in [5.41, 5.74) is 0.810. The van der Waals surface area contributed by atoms with E-state index in [1.165, 1.54) is 12.1 Å². The molecule has 0 aliphatic heterocycles. The summed E-state index contributed by atoms with van der Waals surface area (Å²) < 4.78 is 0. The normalized spacial score (nSPS) is 10.7. The first-order valence-electron chi connectivity index (χ1n) is 6.51. The number of halogens is 2. The average molecular weight is 334 g/mol. The van der Waals surface area contributed by atoms with Crippen LogP contribution in [0.1, 0.15) is 15.9 Å². The molecule has 22 heavy (non-hydrogen) atoms. The van der Waals surface area contributed by atoms with E-state index in [0.717, 1.165) is 0 Å². The number of hydrogen-bond acceptors (Lipinski definition) is 3. The number of benzene rings is 1. The molecule has 0 aliphatic carbocycles. The number of ketones is 1. The molecule has 0 fully saturated rings. The summed E-state index contributed by atoms with van der Waals surface area (Å²) in [6, 6.07) is 11.4. The molecule has 0 aromatic heterocycles. The van der Waals surface area contributed by atoms with Gasteiger partial charge in [0.1, 0.15) is 0 Å². The fourth-order valence-electron chi connectivity index (χ4n) is 1.92. The van der Waals surface area contributed by atoms with E-state index in [-0.39, 0.29) is 16.8 Å². The predicted octanol–water partition coefficient (Wildman–Crippen LogP) is 4.29. The Bertz CT molecular complexity index is 781. The van der Waals surface area contributed by atoms with Crippen molar-refractivity contribution in [1.29, 1.82) is 0 Å². The van der Waals surface area contributed by atoms with Gasteiger partial charge in [-0.25, -0.2) is 0 Å². The van der Waals surface area contributed by atoms with Gasteiger partial charge in [0.25, 0.3) is 0 Å². The number of carbonyl (C=O) groups is 1. The second-order valence-corrected chi connectivity index (χ2v) is 5.40. The molecular weight excluding hydrogens is 321 g/mol. The molecule has 3 nitrogen and oxygen atoms in total. The second kappa shape index (κ2) is 7.25. The van der Waals surface area contributed by atoms with E-state index in [1.54, 1.807) is 49.5 Å². The molecule has 2 rings (SSSR count). The first-order chi connectivity index (χ1) is 10.5. The second-order valence-electron chi connectivity index (χ2n) is 4.53. The van der Waals surface area contributed by atoms with E-state index >= 15 is 0 Å². The van der Waals surface area contributed by atoms with E-state index in [1.807, 2.05) is 0 Å². The fraction of sp³-hybridized carbons (Fsp3) is 0.0588. The Morgan fingerprint density at radius 3 is 2.36 bits per heavy atom. The van der Waals surface area contributed by atoms with Crippen LogP contribution in [-0.4, -0.2) is 12.8 Å². The Hall–Kier alpha value is -2.10. The summed E-state index contributed by atoms with van der Waals surface area (Å²) in [6.45, 7) is 0. The lowest BCUT2D eigenvalue weighted by Gasteiger charge is -1.98. The molecule has 0 saturated carbocycles. The van der Waals surface area contributed by atoms with Crippen LogP contribution in [0.5, 0.6) is 0 Å². The number of hydrogen-bond donors (Lipinski definition) is 1. The fourth-order valence-corrected chi connectivity index (χ4v) is 2.47.